The number of rotatable bonds is 5. The lowest BCUT2D eigenvalue weighted by Crippen LogP contribution is -2.16. The molecule has 0 atom stereocenters. The van der Waals surface area contributed by atoms with Gasteiger partial charge in [0.1, 0.15) is 23.0 Å². The summed E-state index contributed by atoms with van der Waals surface area (Å²) in [7, 11) is 0. The predicted octanol–water partition coefficient (Wildman–Crippen LogP) is 4.06. The van der Waals surface area contributed by atoms with Crippen LogP contribution < -0.4 is 11.5 Å². The van der Waals surface area contributed by atoms with Crippen molar-refractivity contribution in [2.45, 2.75) is 0 Å². The highest BCUT2D eigenvalue weighted by molar-refractivity contribution is 6.41. The second-order valence-electron chi connectivity index (χ2n) is 6.93. The molecule has 2 aromatic heterocycles. The summed E-state index contributed by atoms with van der Waals surface area (Å²) >= 11 is 12.2. The molecule has 0 bridgehead atoms. The molecule has 166 valence electrons. The molecule has 33 heavy (non-hydrogen) atoms. The summed E-state index contributed by atoms with van der Waals surface area (Å²) in [6.07, 6.45) is 1.24. The van der Waals surface area contributed by atoms with Gasteiger partial charge in [-0.1, -0.05) is 29.3 Å². The van der Waals surface area contributed by atoms with Crippen LogP contribution in [0.4, 0.5) is 14.6 Å². The van der Waals surface area contributed by atoms with E-state index in [1.54, 1.807) is 6.07 Å². The molecule has 0 unspecified atom stereocenters. The molecule has 4 N–H and O–H groups in total. The summed E-state index contributed by atoms with van der Waals surface area (Å²) in [4.78, 5) is 41.3. The molecule has 0 aliphatic carbocycles. The van der Waals surface area contributed by atoms with Crippen molar-refractivity contribution in [3.63, 3.8) is 0 Å². The number of imidazole rings is 1. The molecule has 4 rings (SSSR count). The van der Waals surface area contributed by atoms with E-state index in [1.165, 1.54) is 30.5 Å². The number of pyridine rings is 1. The van der Waals surface area contributed by atoms with Crippen LogP contribution in [0.2, 0.25) is 10.0 Å². The first-order chi connectivity index (χ1) is 15.6. The number of hydrogen-bond donors (Lipinski definition) is 2. The van der Waals surface area contributed by atoms with Crippen LogP contribution >= 0.6 is 23.2 Å². The number of carbonyl (C=O) groups is 3. The topological polar surface area (TPSA) is 121 Å². The van der Waals surface area contributed by atoms with Crippen molar-refractivity contribution >= 4 is 52.1 Å². The molecule has 2 heterocycles. The van der Waals surface area contributed by atoms with Crippen molar-refractivity contribution < 1.29 is 23.2 Å². The number of fused-ring (bicyclic) bond motifs is 1. The van der Waals surface area contributed by atoms with E-state index in [1.807, 2.05) is 0 Å². The van der Waals surface area contributed by atoms with Gasteiger partial charge >= 0.3 is 0 Å². The van der Waals surface area contributed by atoms with E-state index in [0.717, 1.165) is 4.40 Å². The molecule has 0 aliphatic rings. The van der Waals surface area contributed by atoms with E-state index in [2.05, 4.69) is 4.98 Å². The maximum atomic E-state index is 14.5. The second-order valence-corrected chi connectivity index (χ2v) is 7.74. The minimum absolute atomic E-state index is 0.0419. The molecule has 7 nitrogen and oxygen atoms in total. The molecular formula is C22H12Cl2F2N4O3. The van der Waals surface area contributed by atoms with Crippen molar-refractivity contribution in [3.05, 3.63) is 98.3 Å². The first-order valence-electron chi connectivity index (χ1n) is 9.20. The Labute approximate surface area is 194 Å². The van der Waals surface area contributed by atoms with Gasteiger partial charge in [-0.3, -0.25) is 18.8 Å². The molecular weight excluding hydrogens is 477 g/mol. The Morgan fingerprint density at radius 3 is 2.06 bits per heavy atom. The van der Waals surface area contributed by atoms with Gasteiger partial charge < -0.3 is 11.5 Å². The Bertz CT molecular complexity index is 1460. The van der Waals surface area contributed by atoms with E-state index in [4.69, 9.17) is 34.7 Å². The normalized spacial score (nSPS) is 11.0. The van der Waals surface area contributed by atoms with Crippen LogP contribution in [0.25, 0.3) is 5.65 Å². The van der Waals surface area contributed by atoms with Crippen molar-refractivity contribution in [2.24, 2.45) is 5.73 Å². The lowest BCUT2D eigenvalue weighted by molar-refractivity contribution is 0.0992. The number of ketones is 2. The number of halogens is 4. The van der Waals surface area contributed by atoms with Gasteiger partial charge in [-0.25, -0.2) is 13.8 Å². The number of nitrogens with two attached hydrogens (primary N) is 2. The Morgan fingerprint density at radius 2 is 1.48 bits per heavy atom. The van der Waals surface area contributed by atoms with E-state index in [-0.39, 0.29) is 38.3 Å². The molecule has 0 saturated carbocycles. The lowest BCUT2D eigenvalue weighted by Gasteiger charge is -2.09. The molecule has 0 spiro atoms. The monoisotopic (exact) mass is 488 g/mol. The van der Waals surface area contributed by atoms with Crippen molar-refractivity contribution in [1.29, 1.82) is 0 Å². The number of aromatic nitrogens is 2. The first-order valence-corrected chi connectivity index (χ1v) is 9.95. The van der Waals surface area contributed by atoms with Gasteiger partial charge in [-0.15, -0.1) is 0 Å². The highest BCUT2D eigenvalue weighted by Crippen LogP contribution is 2.28. The Hall–Kier alpha value is -3.82. The lowest BCUT2D eigenvalue weighted by atomic mass is 10.0. The number of benzene rings is 2. The largest absolute Gasteiger partial charge is 0.382 e. The van der Waals surface area contributed by atoms with Crippen molar-refractivity contribution in [2.75, 3.05) is 5.73 Å². The van der Waals surface area contributed by atoms with Crippen LogP contribution in [-0.2, 0) is 0 Å². The van der Waals surface area contributed by atoms with Crippen LogP contribution in [-0.4, -0.2) is 26.9 Å². The van der Waals surface area contributed by atoms with Crippen LogP contribution in [0.15, 0.2) is 48.7 Å². The minimum atomic E-state index is -1.31. The molecule has 0 aliphatic heterocycles. The Balaban J connectivity index is 1.87. The number of nitrogens with zero attached hydrogens (tertiary/aromatic N) is 2. The number of primary amides is 1. The zero-order valence-corrected chi connectivity index (χ0v) is 17.9. The molecule has 4 aromatic rings. The average molecular weight is 489 g/mol. The van der Waals surface area contributed by atoms with Gasteiger partial charge in [0.2, 0.25) is 11.7 Å². The standard InChI is InChI=1S/C22H12Cl2F2N4O3/c23-11-2-1-3-12(24)16(11)19(31)9-4-5-15-29-21(27)18(30(15)8-9)20(32)17-13(25)6-10(22(28)33)7-14(17)26/h1-8H,27H2,(H2,28,33). The second kappa shape index (κ2) is 8.27. The molecule has 0 fully saturated rings. The molecule has 11 heteroatoms. The van der Waals surface area contributed by atoms with E-state index < -0.39 is 40.2 Å². The van der Waals surface area contributed by atoms with E-state index in [0.29, 0.717) is 12.1 Å². The number of hydrogen-bond acceptors (Lipinski definition) is 5. The summed E-state index contributed by atoms with van der Waals surface area (Å²) in [5.74, 6) is -5.70. The Morgan fingerprint density at radius 1 is 0.879 bits per heavy atom. The van der Waals surface area contributed by atoms with E-state index in [9.17, 15) is 23.2 Å². The summed E-state index contributed by atoms with van der Waals surface area (Å²) in [6.45, 7) is 0. The quantitative estimate of drug-likeness (QED) is 0.410. The highest BCUT2D eigenvalue weighted by Gasteiger charge is 2.27. The molecule has 1 amide bonds. The maximum Gasteiger partial charge on any atom is 0.248 e. The van der Waals surface area contributed by atoms with E-state index >= 15 is 0 Å². The van der Waals surface area contributed by atoms with Crippen LogP contribution in [0, 0.1) is 11.6 Å². The van der Waals surface area contributed by atoms with Gasteiger partial charge in [0.05, 0.1) is 21.2 Å². The fourth-order valence-electron chi connectivity index (χ4n) is 3.33. The van der Waals surface area contributed by atoms with Gasteiger partial charge in [-0.05, 0) is 36.4 Å². The molecule has 2 aromatic carbocycles. The zero-order chi connectivity index (χ0) is 24.0. The summed E-state index contributed by atoms with van der Waals surface area (Å²) in [6, 6.07) is 8.66. The summed E-state index contributed by atoms with van der Waals surface area (Å²) < 4.78 is 30.2. The fraction of sp³-hybridized carbons (Fsp3) is 0. The van der Waals surface area contributed by atoms with Gasteiger partial charge in [0, 0.05) is 17.3 Å². The highest BCUT2D eigenvalue weighted by atomic mass is 35.5. The maximum absolute atomic E-state index is 14.5. The van der Waals surface area contributed by atoms with Crippen LogP contribution in [0.5, 0.6) is 0 Å². The van der Waals surface area contributed by atoms with Gasteiger partial charge in [0.25, 0.3) is 0 Å². The smallest absolute Gasteiger partial charge is 0.248 e. The molecule has 0 saturated heterocycles. The average Bonchev–Trinajstić information content (AvgIpc) is 3.07. The number of carbonyl (C=O) groups excluding carboxylic acids is 3. The summed E-state index contributed by atoms with van der Waals surface area (Å²) in [5.41, 5.74) is 9.36. The van der Waals surface area contributed by atoms with Crippen LogP contribution in [0.3, 0.4) is 0 Å². The van der Waals surface area contributed by atoms with Gasteiger partial charge in [-0.2, -0.15) is 0 Å². The number of nitrogen functional groups attached to an aromatic ring is 1. The SMILES string of the molecule is NC(=O)c1cc(F)c(C(=O)c2c(N)nc3ccc(C(=O)c4c(Cl)cccc4Cl)cn23)c(F)c1. The number of amides is 1. The fourth-order valence-corrected chi connectivity index (χ4v) is 3.90. The zero-order valence-electron chi connectivity index (χ0n) is 16.4. The third-order valence-corrected chi connectivity index (χ3v) is 5.50. The number of anilines is 1. The van der Waals surface area contributed by atoms with Crippen molar-refractivity contribution in [1.82, 2.24) is 9.38 Å². The first kappa shape index (κ1) is 22.4. The summed E-state index contributed by atoms with van der Waals surface area (Å²) in [5, 5.41) is 0.237. The minimum Gasteiger partial charge on any atom is -0.382 e. The third-order valence-electron chi connectivity index (χ3n) is 4.87. The van der Waals surface area contributed by atoms with Crippen LogP contribution in [0.1, 0.15) is 42.3 Å². The van der Waals surface area contributed by atoms with Crippen molar-refractivity contribution in [3.8, 4) is 0 Å². The predicted molar refractivity (Wildman–Crippen MR) is 118 cm³/mol. The Kier molecular flexibility index (Phi) is 5.61. The van der Waals surface area contributed by atoms with Gasteiger partial charge in [0.15, 0.2) is 11.6 Å². The molecule has 0 radical (unpaired) electrons. The third kappa shape index (κ3) is 3.81.